The molecule has 0 saturated carbocycles. The molecule has 0 aromatic carbocycles. The number of hydrogen-bond acceptors (Lipinski definition) is 10. The van der Waals surface area contributed by atoms with Crippen molar-refractivity contribution in [3.05, 3.63) is 50.7 Å². The second kappa shape index (κ2) is 11.9. The molecule has 0 bridgehead atoms. The smallest absolute Gasteiger partial charge is 0.210 e. The normalized spacial score (nSPS) is 23.1. The Morgan fingerprint density at radius 2 is 2.31 bits per heavy atom. The summed E-state index contributed by atoms with van der Waals surface area (Å²) in [5.41, 5.74) is 15.5. The third-order valence-electron chi connectivity index (χ3n) is 6.91. The minimum atomic E-state index is -0.845. The van der Waals surface area contributed by atoms with Crippen LogP contribution in [0, 0.1) is 11.3 Å². The van der Waals surface area contributed by atoms with Crippen LogP contribution >= 0.6 is 11.3 Å². The van der Waals surface area contributed by atoms with Crippen molar-refractivity contribution < 1.29 is 9.57 Å². The van der Waals surface area contributed by atoms with Crippen LogP contribution < -0.4 is 11.1 Å². The minimum Gasteiger partial charge on any atom is -0.473 e. The Hall–Kier alpha value is -3.52. The lowest BCUT2D eigenvalue weighted by Crippen LogP contribution is -2.39. The average Bonchev–Trinajstić information content (AvgIpc) is 3.44. The quantitative estimate of drug-likeness (QED) is 0.0912. The van der Waals surface area contributed by atoms with Crippen molar-refractivity contribution in [1.29, 1.82) is 5.26 Å². The fraction of sp³-hybridized carbons (Fsp3) is 0.542. The Kier molecular flexibility index (Phi) is 8.98. The van der Waals surface area contributed by atoms with E-state index in [1.165, 1.54) is 11.3 Å². The molecule has 12 heteroatoms. The van der Waals surface area contributed by atoms with Crippen molar-refractivity contribution in [2.75, 3.05) is 32.9 Å². The second-order valence-corrected chi connectivity index (χ2v) is 10.1. The zero-order valence-electron chi connectivity index (χ0n) is 21.0. The number of nitrogens with one attached hydrogen (secondary N) is 1. The number of oxime groups is 1. The van der Waals surface area contributed by atoms with Crippen LogP contribution in [0.25, 0.3) is 10.4 Å². The number of nitrogen functional groups attached to an aromatic ring is 1. The second-order valence-electron chi connectivity index (χ2n) is 8.97. The molecule has 1 saturated heterocycles. The number of rotatable bonds is 10. The van der Waals surface area contributed by atoms with Crippen molar-refractivity contribution in [2.24, 2.45) is 15.3 Å². The van der Waals surface area contributed by atoms with Gasteiger partial charge in [-0.2, -0.15) is 5.26 Å². The highest BCUT2D eigenvalue weighted by Crippen LogP contribution is 2.49. The SMILES string of the molecule is C=NOC(=C)[C@@]1(C/N=C(\C=C(\N=[N+]=[N-])NC)O[C@@H](C)[C@@H]2CCCN2C)CCCc2sc(N)c(C#N)c21. The van der Waals surface area contributed by atoms with Crippen molar-refractivity contribution in [1.82, 2.24) is 10.2 Å². The molecule has 192 valence electrons. The van der Waals surface area contributed by atoms with Gasteiger partial charge in [0.15, 0.2) is 0 Å². The van der Waals surface area contributed by atoms with Gasteiger partial charge in [-0.15, -0.1) is 11.3 Å². The molecule has 1 aliphatic heterocycles. The van der Waals surface area contributed by atoms with Crippen molar-refractivity contribution in [2.45, 2.75) is 56.6 Å². The van der Waals surface area contributed by atoms with Crippen molar-refractivity contribution in [3.8, 4) is 6.07 Å². The summed E-state index contributed by atoms with van der Waals surface area (Å²) >= 11 is 1.41. The maximum absolute atomic E-state index is 9.90. The van der Waals surface area contributed by atoms with Crippen LogP contribution in [0.15, 0.2) is 39.5 Å². The predicted molar refractivity (Wildman–Crippen MR) is 143 cm³/mol. The fourth-order valence-electron chi connectivity index (χ4n) is 5.10. The maximum Gasteiger partial charge on any atom is 0.210 e. The molecule has 0 radical (unpaired) electrons. The monoisotopic (exact) mass is 511 g/mol. The summed E-state index contributed by atoms with van der Waals surface area (Å²) in [4.78, 5) is 16.5. The predicted octanol–water partition coefficient (Wildman–Crippen LogP) is 4.19. The first-order chi connectivity index (χ1) is 17.3. The van der Waals surface area contributed by atoms with E-state index in [1.807, 2.05) is 6.92 Å². The van der Waals surface area contributed by atoms with E-state index in [-0.39, 0.29) is 24.5 Å². The van der Waals surface area contributed by atoms with Gasteiger partial charge in [0, 0.05) is 41.2 Å². The number of ether oxygens (including phenoxy) is 1. The van der Waals surface area contributed by atoms with Crippen molar-refractivity contribution >= 4 is 29.0 Å². The molecule has 1 aliphatic carbocycles. The highest BCUT2D eigenvalue weighted by atomic mass is 32.1. The first-order valence-electron chi connectivity index (χ1n) is 11.8. The van der Waals surface area contributed by atoms with E-state index in [0.29, 0.717) is 28.6 Å². The van der Waals surface area contributed by atoms with Gasteiger partial charge in [0.25, 0.3) is 0 Å². The number of likely N-dealkylation sites (tertiary alicyclic amines) is 1. The van der Waals surface area contributed by atoms with Gasteiger partial charge in [-0.3, -0.25) is 9.89 Å². The number of fused-ring (bicyclic) bond motifs is 1. The topological polar surface area (TPSA) is 157 Å². The molecule has 3 N–H and O–H groups in total. The number of anilines is 1. The summed E-state index contributed by atoms with van der Waals surface area (Å²) in [6, 6.07) is 2.49. The number of thiophene rings is 1. The molecule has 3 atom stereocenters. The molecule has 0 amide bonds. The Morgan fingerprint density at radius 1 is 1.53 bits per heavy atom. The summed E-state index contributed by atoms with van der Waals surface area (Å²) in [5, 5.41) is 20.5. The Morgan fingerprint density at radius 3 is 2.92 bits per heavy atom. The van der Waals surface area contributed by atoms with Crippen LogP contribution in [0.3, 0.4) is 0 Å². The molecule has 2 heterocycles. The van der Waals surface area contributed by atoms with Gasteiger partial charge in [-0.1, -0.05) is 11.7 Å². The average molecular weight is 512 g/mol. The van der Waals surface area contributed by atoms with Gasteiger partial charge in [0.2, 0.25) is 5.90 Å². The molecule has 36 heavy (non-hydrogen) atoms. The van der Waals surface area contributed by atoms with Gasteiger partial charge in [0.05, 0.1) is 17.5 Å². The van der Waals surface area contributed by atoms with E-state index in [0.717, 1.165) is 42.7 Å². The van der Waals surface area contributed by atoms with Crippen LogP contribution in [-0.4, -0.2) is 56.8 Å². The van der Waals surface area contributed by atoms with E-state index in [2.05, 4.69) is 51.8 Å². The van der Waals surface area contributed by atoms with E-state index >= 15 is 0 Å². The third-order valence-corrected chi connectivity index (χ3v) is 7.99. The van der Waals surface area contributed by atoms with Crippen LogP contribution in [0.5, 0.6) is 0 Å². The van der Waals surface area contributed by atoms with E-state index in [4.69, 9.17) is 25.8 Å². The Balaban J connectivity index is 2.08. The van der Waals surface area contributed by atoms with Gasteiger partial charge in [0.1, 0.15) is 28.8 Å². The summed E-state index contributed by atoms with van der Waals surface area (Å²) < 4.78 is 6.32. The first-order valence-corrected chi connectivity index (χ1v) is 12.6. The molecular formula is C24H33N9O2S. The number of nitriles is 1. The molecular weight excluding hydrogens is 478 g/mol. The van der Waals surface area contributed by atoms with Gasteiger partial charge < -0.3 is 20.6 Å². The molecule has 11 nitrogen and oxygen atoms in total. The van der Waals surface area contributed by atoms with Gasteiger partial charge >= 0.3 is 0 Å². The van der Waals surface area contributed by atoms with E-state index in [9.17, 15) is 5.26 Å². The van der Waals surface area contributed by atoms with Crippen LogP contribution in [0.4, 0.5) is 5.00 Å². The molecule has 2 aliphatic rings. The standard InChI is InChI=1S/C24H33N9O2S/c1-15(18-8-7-11-33(18)5)34-21(12-20(28-3)31-32-27)30-14-24(16(2)35-29-4)10-6-9-19-22(24)17(13-25)23(26)36-19/h12,15,18,28H,2,4,6-11,14,26H2,1,3,5H3/b20-12+,30-21+/t15-,18-,24-/m0/s1. The van der Waals surface area contributed by atoms with Crippen molar-refractivity contribution in [3.63, 3.8) is 0 Å². The molecule has 3 rings (SSSR count). The lowest BCUT2D eigenvalue weighted by Gasteiger charge is -2.36. The van der Waals surface area contributed by atoms with Crippen LogP contribution in [0.2, 0.25) is 0 Å². The zero-order chi connectivity index (χ0) is 26.3. The van der Waals surface area contributed by atoms with Gasteiger partial charge in [-0.25, -0.2) is 0 Å². The van der Waals surface area contributed by atoms with E-state index < -0.39 is 5.41 Å². The molecule has 0 spiro atoms. The lowest BCUT2D eigenvalue weighted by molar-refractivity contribution is 0.111. The highest BCUT2D eigenvalue weighted by Gasteiger charge is 2.45. The number of nitrogens with two attached hydrogens (primary N) is 1. The Labute approximate surface area is 215 Å². The summed E-state index contributed by atoms with van der Waals surface area (Å²) in [6.07, 6.45) is 5.82. The number of aryl methyl sites for hydroxylation is 1. The van der Waals surface area contributed by atoms with Crippen LogP contribution in [0.1, 0.15) is 48.6 Å². The van der Waals surface area contributed by atoms with E-state index in [1.54, 1.807) is 13.1 Å². The number of likely N-dealkylation sites (N-methyl/N-ethyl adjacent to an activating group) is 1. The number of azide groups is 1. The number of aliphatic imine (C=N–C) groups is 1. The molecule has 1 aromatic rings. The highest BCUT2D eigenvalue weighted by molar-refractivity contribution is 7.16. The third kappa shape index (κ3) is 5.49. The summed E-state index contributed by atoms with van der Waals surface area (Å²) in [7, 11) is 3.73. The maximum atomic E-state index is 9.90. The van der Waals surface area contributed by atoms with Crippen LogP contribution in [-0.2, 0) is 21.4 Å². The Bertz CT molecular complexity index is 1150. The molecule has 1 aromatic heterocycles. The molecule has 1 fully saturated rings. The minimum absolute atomic E-state index is 0.157. The zero-order valence-corrected chi connectivity index (χ0v) is 21.8. The first kappa shape index (κ1) is 27.1. The summed E-state index contributed by atoms with van der Waals surface area (Å²) in [6.45, 7) is 10.8. The summed E-state index contributed by atoms with van der Waals surface area (Å²) in [5.74, 6) is 0.904. The van der Waals surface area contributed by atoms with Gasteiger partial charge in [-0.05, 0) is 63.3 Å². The number of nitrogens with zero attached hydrogens (tertiary/aromatic N) is 7. The number of hydrogen-bond donors (Lipinski definition) is 2. The largest absolute Gasteiger partial charge is 0.473 e. The molecule has 0 unspecified atom stereocenters. The lowest BCUT2D eigenvalue weighted by atomic mass is 9.70. The fourth-order valence-corrected chi connectivity index (χ4v) is 6.26.